The number of carbonyl (C=O) groups excluding carboxylic acids is 4. The Morgan fingerprint density at radius 1 is 0.880 bits per heavy atom. The summed E-state index contributed by atoms with van der Waals surface area (Å²) in [5.41, 5.74) is -4.78. The van der Waals surface area contributed by atoms with E-state index >= 15 is 9.59 Å². The number of amides is 2. The van der Waals surface area contributed by atoms with Crippen LogP contribution in [0.5, 0.6) is 0 Å². The highest BCUT2D eigenvalue weighted by Gasteiger charge is 2.62. The first-order valence-corrected chi connectivity index (χ1v) is 27.4. The second-order valence-corrected chi connectivity index (χ2v) is 22.9. The normalized spacial score (nSPS) is 39.3. The van der Waals surface area contributed by atoms with Gasteiger partial charge in [-0.25, -0.2) is 4.79 Å². The highest BCUT2D eigenvalue weighted by molar-refractivity contribution is 5.87. The molecule has 3 N–H and O–H groups in total. The molecule has 18 atom stereocenters. The van der Waals surface area contributed by atoms with Gasteiger partial charge in [-0.3, -0.25) is 19.3 Å². The van der Waals surface area contributed by atoms with E-state index in [2.05, 4.69) is 29.0 Å². The molecule has 0 aliphatic carbocycles. The van der Waals surface area contributed by atoms with Crippen LogP contribution >= 0.6 is 0 Å². The summed E-state index contributed by atoms with van der Waals surface area (Å²) >= 11 is 0. The topological polar surface area (TPSA) is 208 Å². The van der Waals surface area contributed by atoms with Crippen LogP contribution in [-0.2, 0) is 58.8 Å². The van der Waals surface area contributed by atoms with Gasteiger partial charge in [0.05, 0.1) is 42.0 Å². The van der Waals surface area contributed by atoms with E-state index in [0.29, 0.717) is 13.0 Å². The number of nitrogens with zero attached hydrogens (tertiary/aromatic N) is 4. The zero-order valence-electron chi connectivity index (χ0n) is 48.3. The molecule has 0 bridgehead atoms. The van der Waals surface area contributed by atoms with Crippen molar-refractivity contribution in [2.24, 2.45) is 23.7 Å². The van der Waals surface area contributed by atoms with Crippen molar-refractivity contribution in [1.82, 2.24) is 24.9 Å². The summed E-state index contributed by atoms with van der Waals surface area (Å²) in [7, 11) is 8.83. The average molecular weight is 1060 g/mol. The van der Waals surface area contributed by atoms with E-state index in [1.54, 1.807) is 48.7 Å². The third-order valence-corrected chi connectivity index (χ3v) is 17.4. The van der Waals surface area contributed by atoms with E-state index in [0.717, 1.165) is 25.2 Å². The van der Waals surface area contributed by atoms with Crippen LogP contribution in [0, 0.1) is 23.7 Å². The van der Waals surface area contributed by atoms with E-state index in [1.165, 1.54) is 12.0 Å². The van der Waals surface area contributed by atoms with Crippen molar-refractivity contribution in [2.75, 3.05) is 74.6 Å². The number of benzene rings is 1. The SMILES string of the molecule is CC[C@H]1OC(=O)[C@H](C)[C@@H](O[C@H]2C[C@@](C)(OC)[C@@](O)(CN(C)CCN(CC)CC)[C@H](C)O2)[C@H](C)[C@@H](O[C@@H]2O[C@H](C)C[C@H](N(C)C)[C@H]2O)[C@](C)(OC)C[C@@H](C)C(=O)[C@H](C)[C@H]2N(CC(=O)NCc3ccccc3)C(=O)O[C@]12C. The molecule has 4 aliphatic heterocycles. The zero-order chi connectivity index (χ0) is 56.0. The molecule has 19 nitrogen and oxygen atoms in total. The van der Waals surface area contributed by atoms with Crippen molar-refractivity contribution >= 4 is 23.8 Å². The number of carbonyl (C=O) groups is 4. The molecule has 4 saturated heterocycles. The lowest BCUT2D eigenvalue weighted by molar-refractivity contribution is -0.339. The lowest BCUT2D eigenvalue weighted by Crippen LogP contribution is -2.70. The van der Waals surface area contributed by atoms with E-state index < -0.39 is 120 Å². The molecule has 0 unspecified atom stereocenters. The van der Waals surface area contributed by atoms with Crippen LogP contribution in [0.15, 0.2) is 30.3 Å². The molecule has 1 aromatic rings. The van der Waals surface area contributed by atoms with Gasteiger partial charge in [0.1, 0.15) is 35.7 Å². The highest BCUT2D eigenvalue weighted by Crippen LogP contribution is 2.46. The van der Waals surface area contributed by atoms with Crippen LogP contribution in [0.25, 0.3) is 0 Å². The first-order chi connectivity index (χ1) is 35.2. The van der Waals surface area contributed by atoms with Crippen LogP contribution < -0.4 is 5.32 Å². The van der Waals surface area contributed by atoms with E-state index in [-0.39, 0.29) is 50.3 Å². The minimum atomic E-state index is -1.60. The summed E-state index contributed by atoms with van der Waals surface area (Å²) in [6, 6.07) is 7.98. The first-order valence-electron chi connectivity index (χ1n) is 27.4. The van der Waals surface area contributed by atoms with Gasteiger partial charge in [0, 0.05) is 70.6 Å². The average Bonchev–Trinajstić information content (AvgIpc) is 3.62. The van der Waals surface area contributed by atoms with E-state index in [1.807, 2.05) is 84.1 Å². The largest absolute Gasteiger partial charge is 0.458 e. The Labute approximate surface area is 447 Å². The number of cyclic esters (lactones) is 1. The fourth-order valence-electron chi connectivity index (χ4n) is 12.5. The van der Waals surface area contributed by atoms with Crippen molar-refractivity contribution < 1.29 is 67.3 Å². The Morgan fingerprint density at radius 2 is 1.53 bits per heavy atom. The number of esters is 1. The van der Waals surface area contributed by atoms with Crippen LogP contribution in [0.4, 0.5) is 4.79 Å². The second-order valence-electron chi connectivity index (χ2n) is 22.9. The summed E-state index contributed by atoms with van der Waals surface area (Å²) in [4.78, 5) is 65.8. The fourth-order valence-corrected chi connectivity index (χ4v) is 12.5. The van der Waals surface area contributed by atoms with Crippen molar-refractivity contribution in [2.45, 2.75) is 199 Å². The third-order valence-electron chi connectivity index (χ3n) is 17.4. The van der Waals surface area contributed by atoms with Gasteiger partial charge < -0.3 is 68.1 Å². The molecule has 2 amide bonds. The van der Waals surface area contributed by atoms with Crippen molar-refractivity contribution in [3.8, 4) is 0 Å². The number of Topliss-reactive ketones (excluding diaryl/α,β-unsaturated/α-hetero) is 1. The van der Waals surface area contributed by atoms with Crippen molar-refractivity contribution in [1.29, 1.82) is 0 Å². The molecule has 75 heavy (non-hydrogen) atoms. The zero-order valence-corrected chi connectivity index (χ0v) is 48.3. The number of likely N-dealkylation sites (N-methyl/N-ethyl adjacent to an activating group) is 3. The molecule has 5 rings (SSSR count). The third kappa shape index (κ3) is 13.7. The molecular formula is C56H95N5O14. The Hall–Kier alpha value is -3.34. The van der Waals surface area contributed by atoms with Gasteiger partial charge in [0.15, 0.2) is 18.2 Å². The molecule has 4 aliphatic rings. The number of aliphatic hydroxyl groups is 2. The molecule has 1 aromatic carbocycles. The highest BCUT2D eigenvalue weighted by atomic mass is 16.7. The maximum Gasteiger partial charge on any atom is 0.411 e. The van der Waals surface area contributed by atoms with Crippen LogP contribution in [0.1, 0.15) is 114 Å². The lowest BCUT2D eigenvalue weighted by atomic mass is 9.73. The summed E-state index contributed by atoms with van der Waals surface area (Å²) in [5.74, 6) is -4.97. The quantitative estimate of drug-likeness (QED) is 0.158. The predicted molar refractivity (Wildman–Crippen MR) is 282 cm³/mol. The monoisotopic (exact) mass is 1060 g/mol. The van der Waals surface area contributed by atoms with Crippen LogP contribution in [0.2, 0.25) is 0 Å². The van der Waals surface area contributed by atoms with E-state index in [4.69, 9.17) is 37.9 Å². The standard InChI is InChI=1S/C56H95N5O14/c1-18-42-55(12)48(61(52(66)75-55)32-43(62)57-31-40-24-22-21-23-25-40)36(6)45(63)34(4)29-53(10,68-16)49(74-51-46(64)41(58(13)14)28-35(5)70-51)37(7)47(38(8)50(65)72-42)73-44-30-54(11,69-17)56(67,39(9)71-44)33-59(15)26-27-60(19-2)20-3/h21-25,34-39,41-42,44,46-49,51,64,67H,18-20,26-33H2,1-17H3,(H,57,62)/t34-,35-,36+,37+,38-,39+,41+,42-,44+,46-,47+,48-,49-,51+,53-,54-,55-,56-/m1/s1. The number of hydrogen-bond donors (Lipinski definition) is 3. The molecule has 19 heteroatoms. The molecular weight excluding hydrogens is 967 g/mol. The van der Waals surface area contributed by atoms with Gasteiger partial charge in [0.25, 0.3) is 0 Å². The second kappa shape index (κ2) is 26.1. The number of methoxy groups -OCH3 is 2. The molecule has 0 radical (unpaired) electrons. The summed E-state index contributed by atoms with van der Waals surface area (Å²) < 4.78 is 52.8. The number of ketones is 1. The van der Waals surface area contributed by atoms with Crippen molar-refractivity contribution in [3.63, 3.8) is 0 Å². The molecule has 4 fully saturated rings. The van der Waals surface area contributed by atoms with Gasteiger partial charge in [-0.1, -0.05) is 71.9 Å². The number of ether oxygens (including phenoxy) is 8. The molecule has 0 aromatic heterocycles. The first kappa shape index (κ1) is 62.5. The molecule has 0 spiro atoms. The Morgan fingerprint density at radius 3 is 2.12 bits per heavy atom. The lowest BCUT2D eigenvalue weighted by Gasteiger charge is -2.54. The van der Waals surface area contributed by atoms with E-state index in [9.17, 15) is 19.8 Å². The van der Waals surface area contributed by atoms with Crippen molar-refractivity contribution in [3.05, 3.63) is 35.9 Å². The number of nitrogens with one attached hydrogen (secondary N) is 1. The maximum atomic E-state index is 15.2. The Bertz CT molecular complexity index is 2040. The van der Waals surface area contributed by atoms with Gasteiger partial charge >= 0.3 is 12.1 Å². The smallest absolute Gasteiger partial charge is 0.411 e. The fraction of sp³-hybridized carbons (Fsp3) is 0.821. The number of fused-ring (bicyclic) bond motifs is 1. The predicted octanol–water partition coefficient (Wildman–Crippen LogP) is 4.87. The Balaban J connectivity index is 1.60. The minimum absolute atomic E-state index is 0.0598. The molecule has 0 saturated carbocycles. The van der Waals surface area contributed by atoms with Gasteiger partial charge in [0.2, 0.25) is 5.91 Å². The van der Waals surface area contributed by atoms with Crippen LogP contribution in [0.3, 0.4) is 0 Å². The van der Waals surface area contributed by atoms with Gasteiger partial charge in [-0.2, -0.15) is 0 Å². The van der Waals surface area contributed by atoms with Crippen LogP contribution in [-0.4, -0.2) is 212 Å². The number of rotatable bonds is 19. The summed E-state index contributed by atoms with van der Waals surface area (Å²) in [5, 5.41) is 27.5. The summed E-state index contributed by atoms with van der Waals surface area (Å²) in [6.07, 6.45) is -7.64. The maximum absolute atomic E-state index is 15.2. The Kier molecular flexibility index (Phi) is 21.7. The number of hydrogen-bond acceptors (Lipinski definition) is 17. The molecule has 4 heterocycles. The molecule has 428 valence electrons. The number of aliphatic hydroxyl groups excluding tert-OH is 1. The summed E-state index contributed by atoms with van der Waals surface area (Å²) in [6.45, 7) is 25.5. The van der Waals surface area contributed by atoms with Gasteiger partial charge in [-0.15, -0.1) is 0 Å². The minimum Gasteiger partial charge on any atom is -0.458 e. The van der Waals surface area contributed by atoms with Gasteiger partial charge in [-0.05, 0) is 101 Å².